The lowest BCUT2D eigenvalue weighted by Gasteiger charge is -2.24. The van der Waals surface area contributed by atoms with Gasteiger partial charge in [-0.1, -0.05) is 11.8 Å². The summed E-state index contributed by atoms with van der Waals surface area (Å²) in [6.07, 6.45) is 2.72. The zero-order chi connectivity index (χ0) is 9.26. The molecule has 2 aliphatic rings. The normalized spacial score (nSPS) is 27.8. The van der Waals surface area contributed by atoms with E-state index in [-0.39, 0.29) is 11.8 Å². The Bertz CT molecular complexity index is 298. The van der Waals surface area contributed by atoms with Crippen LogP contribution < -0.4 is 5.32 Å². The first-order valence-corrected chi connectivity index (χ1v) is 5.48. The SMILES string of the molecule is CSC1=NC(=O)C2CCNCC2=N1. The maximum absolute atomic E-state index is 11.5. The van der Waals surface area contributed by atoms with Crippen molar-refractivity contribution in [1.82, 2.24) is 5.32 Å². The fourth-order valence-corrected chi connectivity index (χ4v) is 1.94. The van der Waals surface area contributed by atoms with Gasteiger partial charge in [-0.2, -0.15) is 4.99 Å². The zero-order valence-corrected chi connectivity index (χ0v) is 8.23. The van der Waals surface area contributed by atoms with Crippen LogP contribution in [0.3, 0.4) is 0 Å². The highest BCUT2D eigenvalue weighted by molar-refractivity contribution is 8.13. The molecule has 2 aliphatic heterocycles. The lowest BCUT2D eigenvalue weighted by Crippen LogP contribution is -2.42. The van der Waals surface area contributed by atoms with Gasteiger partial charge in [-0.3, -0.25) is 4.79 Å². The molecule has 0 bridgehead atoms. The quantitative estimate of drug-likeness (QED) is 0.607. The molecule has 1 amide bonds. The van der Waals surface area contributed by atoms with Gasteiger partial charge in [0.25, 0.3) is 5.91 Å². The molecule has 1 atom stereocenters. The number of amides is 1. The van der Waals surface area contributed by atoms with E-state index in [4.69, 9.17) is 0 Å². The summed E-state index contributed by atoms with van der Waals surface area (Å²) in [5.74, 6) is -0.0620. The molecule has 1 saturated heterocycles. The second-order valence-electron chi connectivity index (χ2n) is 3.06. The lowest BCUT2D eigenvalue weighted by molar-refractivity contribution is -0.120. The second kappa shape index (κ2) is 3.59. The van der Waals surface area contributed by atoms with Crippen molar-refractivity contribution in [3.8, 4) is 0 Å². The Morgan fingerprint density at radius 1 is 1.54 bits per heavy atom. The van der Waals surface area contributed by atoms with Crippen molar-refractivity contribution in [2.24, 2.45) is 15.9 Å². The van der Waals surface area contributed by atoms with Crippen molar-refractivity contribution in [2.75, 3.05) is 19.3 Å². The zero-order valence-electron chi connectivity index (χ0n) is 7.41. The first kappa shape index (κ1) is 8.90. The van der Waals surface area contributed by atoms with Crippen LogP contribution in [0.15, 0.2) is 9.98 Å². The molecule has 5 heteroatoms. The van der Waals surface area contributed by atoms with Gasteiger partial charge >= 0.3 is 0 Å². The number of carbonyl (C=O) groups is 1. The smallest absolute Gasteiger partial charge is 0.257 e. The van der Waals surface area contributed by atoms with E-state index in [0.29, 0.717) is 5.17 Å². The van der Waals surface area contributed by atoms with E-state index >= 15 is 0 Å². The minimum Gasteiger partial charge on any atom is -0.311 e. The van der Waals surface area contributed by atoms with E-state index in [1.54, 1.807) is 0 Å². The summed E-state index contributed by atoms with van der Waals surface area (Å²) in [7, 11) is 0. The molecular weight excluding hydrogens is 186 g/mol. The lowest BCUT2D eigenvalue weighted by atomic mass is 9.94. The van der Waals surface area contributed by atoms with E-state index in [0.717, 1.165) is 25.2 Å². The number of fused-ring (bicyclic) bond motifs is 1. The Hall–Kier alpha value is -0.680. The second-order valence-corrected chi connectivity index (χ2v) is 3.83. The van der Waals surface area contributed by atoms with Gasteiger partial charge in [-0.15, -0.1) is 0 Å². The molecule has 13 heavy (non-hydrogen) atoms. The van der Waals surface area contributed by atoms with Crippen molar-refractivity contribution in [2.45, 2.75) is 6.42 Å². The Morgan fingerprint density at radius 3 is 3.15 bits per heavy atom. The number of hydrogen-bond donors (Lipinski definition) is 1. The van der Waals surface area contributed by atoms with Crippen molar-refractivity contribution in [3.05, 3.63) is 0 Å². The third-order valence-corrected chi connectivity index (χ3v) is 2.79. The molecule has 1 fully saturated rings. The Labute approximate surface area is 80.9 Å². The van der Waals surface area contributed by atoms with Crippen LogP contribution in [-0.2, 0) is 4.79 Å². The van der Waals surface area contributed by atoms with Crippen molar-refractivity contribution in [3.63, 3.8) is 0 Å². The largest absolute Gasteiger partial charge is 0.311 e. The topological polar surface area (TPSA) is 53.8 Å². The third kappa shape index (κ3) is 1.66. The summed E-state index contributed by atoms with van der Waals surface area (Å²) in [6, 6.07) is 0. The van der Waals surface area contributed by atoms with Crippen molar-refractivity contribution >= 4 is 28.5 Å². The van der Waals surface area contributed by atoms with Crippen LogP contribution in [0.5, 0.6) is 0 Å². The highest BCUT2D eigenvalue weighted by Crippen LogP contribution is 2.18. The number of hydrogen-bond acceptors (Lipinski definition) is 4. The van der Waals surface area contributed by atoms with Crippen LogP contribution in [0.2, 0.25) is 0 Å². The number of nitrogens with one attached hydrogen (secondary N) is 1. The molecule has 0 saturated carbocycles. The van der Waals surface area contributed by atoms with Gasteiger partial charge in [-0.25, -0.2) is 4.99 Å². The summed E-state index contributed by atoms with van der Waals surface area (Å²) in [5.41, 5.74) is 0.954. The number of rotatable bonds is 0. The Balaban J connectivity index is 2.26. The van der Waals surface area contributed by atoms with Gasteiger partial charge in [0, 0.05) is 12.3 Å². The molecule has 0 aromatic rings. The summed E-state index contributed by atoms with van der Waals surface area (Å²) >= 11 is 1.42. The molecule has 0 aromatic carbocycles. The predicted molar refractivity (Wildman–Crippen MR) is 54.4 cm³/mol. The number of piperidine rings is 1. The number of amidine groups is 1. The molecule has 0 aliphatic carbocycles. The minimum atomic E-state index is -0.0443. The van der Waals surface area contributed by atoms with Gasteiger partial charge in [0.2, 0.25) is 0 Å². The van der Waals surface area contributed by atoms with Gasteiger partial charge in [0.15, 0.2) is 5.17 Å². The third-order valence-electron chi connectivity index (χ3n) is 2.24. The van der Waals surface area contributed by atoms with Crippen molar-refractivity contribution in [1.29, 1.82) is 0 Å². The molecule has 1 N–H and O–H groups in total. The Morgan fingerprint density at radius 2 is 2.38 bits per heavy atom. The molecule has 0 spiro atoms. The van der Waals surface area contributed by atoms with Gasteiger partial charge in [0.05, 0.1) is 5.92 Å². The van der Waals surface area contributed by atoms with Crippen LogP contribution in [0.4, 0.5) is 0 Å². The molecule has 1 unspecified atom stereocenters. The van der Waals surface area contributed by atoms with Gasteiger partial charge in [0.1, 0.15) is 0 Å². The molecule has 4 nitrogen and oxygen atoms in total. The molecule has 2 rings (SSSR count). The molecule has 2 heterocycles. The van der Waals surface area contributed by atoms with E-state index in [1.807, 2.05) is 6.26 Å². The average Bonchev–Trinajstić information content (AvgIpc) is 2.18. The molecule has 0 aromatic heterocycles. The Kier molecular flexibility index (Phi) is 2.46. The number of aliphatic imine (C=N–C) groups is 2. The van der Waals surface area contributed by atoms with E-state index in [9.17, 15) is 4.79 Å². The average molecular weight is 197 g/mol. The maximum atomic E-state index is 11.5. The first-order valence-electron chi connectivity index (χ1n) is 4.26. The number of thioether (sulfide) groups is 1. The number of carbonyl (C=O) groups excluding carboxylic acids is 1. The predicted octanol–water partition coefficient (Wildman–Crippen LogP) is 0.296. The molecule has 70 valence electrons. The summed E-state index contributed by atoms with van der Waals surface area (Å²) in [6.45, 7) is 1.62. The fraction of sp³-hybridized carbons (Fsp3) is 0.625. The fourth-order valence-electron chi connectivity index (χ4n) is 1.55. The van der Waals surface area contributed by atoms with Crippen LogP contribution in [0.1, 0.15) is 6.42 Å². The van der Waals surface area contributed by atoms with Crippen LogP contribution in [0, 0.1) is 5.92 Å². The molecule has 0 radical (unpaired) electrons. The number of nitrogens with zero attached hydrogens (tertiary/aromatic N) is 2. The minimum absolute atomic E-state index is 0.0177. The monoisotopic (exact) mass is 197 g/mol. The van der Waals surface area contributed by atoms with E-state index < -0.39 is 0 Å². The van der Waals surface area contributed by atoms with Crippen LogP contribution in [-0.4, -0.2) is 36.1 Å². The maximum Gasteiger partial charge on any atom is 0.257 e. The first-order chi connectivity index (χ1) is 6.31. The van der Waals surface area contributed by atoms with E-state index in [2.05, 4.69) is 15.3 Å². The highest BCUT2D eigenvalue weighted by Gasteiger charge is 2.30. The van der Waals surface area contributed by atoms with Gasteiger partial charge in [-0.05, 0) is 19.2 Å². The van der Waals surface area contributed by atoms with Crippen LogP contribution >= 0.6 is 11.8 Å². The van der Waals surface area contributed by atoms with Crippen LogP contribution in [0.25, 0.3) is 0 Å². The summed E-state index contributed by atoms with van der Waals surface area (Å²) in [5, 5.41) is 3.80. The summed E-state index contributed by atoms with van der Waals surface area (Å²) < 4.78 is 0. The summed E-state index contributed by atoms with van der Waals surface area (Å²) in [4.78, 5) is 19.7. The standard InChI is InChI=1S/C8H11N3OS/c1-13-8-10-6-4-9-3-2-5(6)7(12)11-8/h5,9H,2-4H2,1H3. The van der Waals surface area contributed by atoms with Crippen molar-refractivity contribution < 1.29 is 4.79 Å². The van der Waals surface area contributed by atoms with E-state index in [1.165, 1.54) is 11.8 Å². The molecular formula is C8H11N3OS. The highest BCUT2D eigenvalue weighted by atomic mass is 32.2. The van der Waals surface area contributed by atoms with Gasteiger partial charge < -0.3 is 5.32 Å².